The Morgan fingerprint density at radius 2 is 2.03 bits per heavy atom. The third-order valence-corrected chi connectivity index (χ3v) is 5.49. The number of aliphatic hydroxyl groups excluding tert-OH is 1. The van der Waals surface area contributed by atoms with E-state index in [0.717, 1.165) is 0 Å². The van der Waals surface area contributed by atoms with Gasteiger partial charge < -0.3 is 30.1 Å². The summed E-state index contributed by atoms with van der Waals surface area (Å²) < 4.78 is 28.6. The predicted octanol–water partition coefficient (Wildman–Crippen LogP) is 0.270. The predicted molar refractivity (Wildman–Crippen MR) is 109 cm³/mol. The molecule has 0 bridgehead atoms. The molecule has 1 aromatic carbocycles. The molecule has 1 fully saturated rings. The fraction of sp³-hybridized carbons (Fsp3) is 0.353. The standard InChI is InChI=1S/C17H19N6O9P/c18-15-12-16(20-7-19-15)22(8-21-12)17-14(13(24)11(32-17)6-31-33(27,28)29)30-5-9-3-1-2-4-10(9)23(25)26/h1-4,7-8,11,13-14,17,24H,5-6H2,(H2,18,19,20)(H2,27,28,29)/t11-,13-,14-,17-/m1/s1. The summed E-state index contributed by atoms with van der Waals surface area (Å²) in [7, 11) is -4.83. The van der Waals surface area contributed by atoms with E-state index in [1.165, 1.54) is 35.4 Å². The molecular formula is C17H19N6O9P. The van der Waals surface area contributed by atoms with Crippen LogP contribution in [0.3, 0.4) is 0 Å². The molecule has 176 valence electrons. The first-order chi connectivity index (χ1) is 15.7. The van der Waals surface area contributed by atoms with Crippen LogP contribution in [-0.2, 0) is 25.2 Å². The van der Waals surface area contributed by atoms with Gasteiger partial charge in [0.05, 0.1) is 30.0 Å². The number of fused-ring (bicyclic) bond motifs is 1. The molecule has 5 N–H and O–H groups in total. The van der Waals surface area contributed by atoms with Crippen LogP contribution in [0.15, 0.2) is 36.9 Å². The molecule has 3 heterocycles. The summed E-state index contributed by atoms with van der Waals surface area (Å²) >= 11 is 0. The van der Waals surface area contributed by atoms with E-state index < -0.39 is 43.9 Å². The van der Waals surface area contributed by atoms with Gasteiger partial charge in [-0.05, 0) is 6.07 Å². The molecule has 0 spiro atoms. The molecule has 4 atom stereocenters. The summed E-state index contributed by atoms with van der Waals surface area (Å²) in [4.78, 5) is 40.8. The van der Waals surface area contributed by atoms with Crippen molar-refractivity contribution in [1.29, 1.82) is 0 Å². The minimum Gasteiger partial charge on any atom is -0.387 e. The summed E-state index contributed by atoms with van der Waals surface area (Å²) in [6.45, 7) is -0.897. The summed E-state index contributed by atoms with van der Waals surface area (Å²) in [5, 5.41) is 22.1. The van der Waals surface area contributed by atoms with E-state index in [0.29, 0.717) is 0 Å². The molecule has 0 amide bonds. The van der Waals surface area contributed by atoms with Crippen LogP contribution in [0.2, 0.25) is 0 Å². The number of phosphoric ester groups is 1. The number of nitrogen functional groups attached to an aromatic ring is 1. The van der Waals surface area contributed by atoms with E-state index in [2.05, 4.69) is 19.5 Å². The number of nitro benzene ring substituents is 1. The Morgan fingerprint density at radius 1 is 1.27 bits per heavy atom. The fourth-order valence-corrected chi connectivity index (χ4v) is 3.82. The second-order valence-corrected chi connectivity index (χ2v) is 8.33. The van der Waals surface area contributed by atoms with Gasteiger partial charge in [-0.25, -0.2) is 19.5 Å². The summed E-state index contributed by atoms with van der Waals surface area (Å²) in [5.74, 6) is 0.107. The van der Waals surface area contributed by atoms with Crippen molar-refractivity contribution in [2.45, 2.75) is 31.1 Å². The van der Waals surface area contributed by atoms with Crippen molar-refractivity contribution in [2.24, 2.45) is 0 Å². The smallest absolute Gasteiger partial charge is 0.387 e. The van der Waals surface area contributed by atoms with Gasteiger partial charge in [0.15, 0.2) is 17.7 Å². The molecule has 15 nitrogen and oxygen atoms in total. The highest BCUT2D eigenvalue weighted by Crippen LogP contribution is 2.40. The summed E-state index contributed by atoms with van der Waals surface area (Å²) in [5.41, 5.74) is 6.43. The number of rotatable bonds is 8. The lowest BCUT2D eigenvalue weighted by Gasteiger charge is -2.22. The van der Waals surface area contributed by atoms with E-state index in [4.69, 9.17) is 25.0 Å². The number of aromatic nitrogens is 4. The lowest BCUT2D eigenvalue weighted by atomic mass is 10.1. The van der Waals surface area contributed by atoms with Crippen LogP contribution < -0.4 is 5.73 Å². The van der Waals surface area contributed by atoms with Gasteiger partial charge >= 0.3 is 7.82 Å². The Kier molecular flexibility index (Phi) is 6.36. The maximum atomic E-state index is 11.3. The molecule has 0 unspecified atom stereocenters. The number of anilines is 1. The molecular weight excluding hydrogens is 463 g/mol. The Morgan fingerprint density at radius 3 is 2.76 bits per heavy atom. The largest absolute Gasteiger partial charge is 0.469 e. The summed E-state index contributed by atoms with van der Waals surface area (Å²) in [6.07, 6.45) is -2.29. The second-order valence-electron chi connectivity index (χ2n) is 7.09. The summed E-state index contributed by atoms with van der Waals surface area (Å²) in [6, 6.07) is 5.93. The van der Waals surface area contributed by atoms with E-state index in [1.54, 1.807) is 6.07 Å². The van der Waals surface area contributed by atoms with Crippen molar-refractivity contribution in [3.05, 3.63) is 52.6 Å². The van der Waals surface area contributed by atoms with Crippen molar-refractivity contribution in [1.82, 2.24) is 19.5 Å². The molecule has 1 saturated heterocycles. The Balaban J connectivity index is 1.64. The third kappa shape index (κ3) is 4.84. The highest BCUT2D eigenvalue weighted by atomic mass is 31.2. The van der Waals surface area contributed by atoms with E-state index >= 15 is 0 Å². The van der Waals surface area contributed by atoms with Crippen molar-refractivity contribution >= 4 is 30.5 Å². The van der Waals surface area contributed by atoms with Gasteiger partial charge in [-0.1, -0.05) is 12.1 Å². The number of nitrogens with zero attached hydrogens (tertiary/aromatic N) is 5. The first-order valence-electron chi connectivity index (χ1n) is 9.46. The van der Waals surface area contributed by atoms with Gasteiger partial charge in [0, 0.05) is 6.07 Å². The molecule has 33 heavy (non-hydrogen) atoms. The maximum absolute atomic E-state index is 11.3. The van der Waals surface area contributed by atoms with Crippen molar-refractivity contribution in [2.75, 3.05) is 12.3 Å². The van der Waals surface area contributed by atoms with Gasteiger partial charge in [-0.2, -0.15) is 0 Å². The molecule has 2 aromatic heterocycles. The zero-order valence-electron chi connectivity index (χ0n) is 16.7. The van der Waals surface area contributed by atoms with Crippen LogP contribution >= 0.6 is 7.82 Å². The lowest BCUT2D eigenvalue weighted by molar-refractivity contribution is -0.386. The van der Waals surface area contributed by atoms with Gasteiger partial charge in [0.25, 0.3) is 5.69 Å². The third-order valence-electron chi connectivity index (χ3n) is 5.00. The number of hydrogen-bond acceptors (Lipinski definition) is 11. The topological polar surface area (TPSA) is 218 Å². The number of imidazole rings is 1. The SMILES string of the molecule is Nc1ncnc2c1ncn2[C@@H]1O[C@H](COP(=O)(O)O)[C@@H](O)[C@H]1OCc1ccccc1[N+](=O)[O-]. The van der Waals surface area contributed by atoms with Crippen LogP contribution in [0.1, 0.15) is 11.8 Å². The highest BCUT2D eigenvalue weighted by molar-refractivity contribution is 7.46. The minimum absolute atomic E-state index is 0.107. The number of hydrogen-bond donors (Lipinski definition) is 4. The first-order valence-corrected chi connectivity index (χ1v) is 11.0. The van der Waals surface area contributed by atoms with Crippen molar-refractivity contribution < 1.29 is 38.4 Å². The van der Waals surface area contributed by atoms with Gasteiger partial charge in [-0.3, -0.25) is 19.2 Å². The van der Waals surface area contributed by atoms with Crippen molar-refractivity contribution in [3.8, 4) is 0 Å². The monoisotopic (exact) mass is 482 g/mol. The number of phosphoric acid groups is 1. The molecule has 16 heteroatoms. The van der Waals surface area contributed by atoms with E-state index in [9.17, 15) is 19.8 Å². The second kappa shape index (κ2) is 9.07. The van der Waals surface area contributed by atoms with Crippen LogP contribution in [0, 0.1) is 10.1 Å². The normalized spacial score (nSPS) is 23.2. The number of ether oxygens (including phenoxy) is 2. The van der Waals surface area contributed by atoms with Gasteiger partial charge in [-0.15, -0.1) is 0 Å². The van der Waals surface area contributed by atoms with Gasteiger partial charge in [0.1, 0.15) is 30.2 Å². The van der Waals surface area contributed by atoms with Gasteiger partial charge in [0.2, 0.25) is 0 Å². The lowest BCUT2D eigenvalue weighted by Crippen LogP contribution is -2.35. The zero-order valence-corrected chi connectivity index (χ0v) is 17.6. The number of para-hydroxylation sites is 1. The number of aliphatic hydroxyl groups is 1. The quantitative estimate of drug-likeness (QED) is 0.193. The maximum Gasteiger partial charge on any atom is 0.469 e. The average molecular weight is 482 g/mol. The highest BCUT2D eigenvalue weighted by Gasteiger charge is 2.47. The fourth-order valence-electron chi connectivity index (χ4n) is 3.48. The van der Waals surface area contributed by atoms with Crippen LogP contribution in [0.25, 0.3) is 11.2 Å². The average Bonchev–Trinajstić information content (AvgIpc) is 3.32. The first kappa shape index (κ1) is 23.1. The Bertz CT molecular complexity index is 1220. The molecule has 1 aliphatic rings. The number of nitro groups is 1. The Hall–Kier alpha value is -3.04. The van der Waals surface area contributed by atoms with E-state index in [1.807, 2.05) is 0 Å². The molecule has 3 aromatic rings. The Labute approximate surface area is 185 Å². The van der Waals surface area contributed by atoms with Crippen molar-refractivity contribution in [3.63, 3.8) is 0 Å². The molecule has 1 aliphatic heterocycles. The molecule has 0 radical (unpaired) electrons. The number of benzene rings is 1. The zero-order chi connectivity index (χ0) is 23.8. The van der Waals surface area contributed by atoms with Crippen LogP contribution in [0.5, 0.6) is 0 Å². The molecule has 0 saturated carbocycles. The molecule has 4 rings (SSSR count). The van der Waals surface area contributed by atoms with Crippen LogP contribution in [-0.4, -0.2) is 64.3 Å². The van der Waals surface area contributed by atoms with Crippen LogP contribution in [0.4, 0.5) is 11.5 Å². The minimum atomic E-state index is -4.83. The molecule has 0 aliphatic carbocycles. The number of nitrogens with two attached hydrogens (primary N) is 1. The van der Waals surface area contributed by atoms with E-state index in [-0.39, 0.29) is 34.8 Å².